The molecule has 0 fully saturated rings. The van der Waals surface area contributed by atoms with E-state index in [4.69, 9.17) is 16.3 Å². The first-order valence-corrected chi connectivity index (χ1v) is 10.7. The van der Waals surface area contributed by atoms with Gasteiger partial charge in [-0.2, -0.15) is 0 Å². The second-order valence-electron chi connectivity index (χ2n) is 7.86. The first kappa shape index (κ1) is 20.1. The van der Waals surface area contributed by atoms with Crippen LogP contribution < -0.4 is 0 Å². The third-order valence-corrected chi connectivity index (χ3v) is 6.25. The summed E-state index contributed by atoms with van der Waals surface area (Å²) in [7, 11) is 2.08. The number of nitrogens with zero attached hydrogens (tertiary/aromatic N) is 2. The van der Waals surface area contributed by atoms with Crippen molar-refractivity contribution in [3.8, 4) is 0 Å². The smallest absolute Gasteiger partial charge is 0.330 e. The first-order chi connectivity index (χ1) is 14.0. The van der Waals surface area contributed by atoms with E-state index in [0.29, 0.717) is 18.2 Å². The van der Waals surface area contributed by atoms with Gasteiger partial charge >= 0.3 is 5.97 Å². The Morgan fingerprint density at radius 1 is 1.38 bits per heavy atom. The first-order valence-electron chi connectivity index (χ1n) is 10.3. The summed E-state index contributed by atoms with van der Waals surface area (Å²) in [5.41, 5.74) is 4.63. The number of ether oxygens (including phenoxy) is 1. The molecule has 3 atom stereocenters. The summed E-state index contributed by atoms with van der Waals surface area (Å²) >= 11 is 6.43. The van der Waals surface area contributed by atoms with Crippen molar-refractivity contribution in [3.05, 3.63) is 52.5 Å². The number of fused-ring (bicyclic) bond motifs is 3. The molecule has 2 aromatic heterocycles. The second-order valence-corrected chi connectivity index (χ2v) is 8.24. The average molecular weight is 417 g/mol. The summed E-state index contributed by atoms with van der Waals surface area (Å²) in [4.78, 5) is 16.5. The van der Waals surface area contributed by atoms with Crippen LogP contribution in [0.25, 0.3) is 10.9 Å². The van der Waals surface area contributed by atoms with E-state index < -0.39 is 12.1 Å². The van der Waals surface area contributed by atoms with Crippen molar-refractivity contribution in [1.29, 1.82) is 0 Å². The summed E-state index contributed by atoms with van der Waals surface area (Å²) < 4.78 is 21.4. The zero-order chi connectivity index (χ0) is 20.5. The van der Waals surface area contributed by atoms with Crippen LogP contribution in [0.1, 0.15) is 49.1 Å². The van der Waals surface area contributed by atoms with Crippen molar-refractivity contribution in [2.45, 2.75) is 51.1 Å². The Labute approximate surface area is 175 Å². The maximum absolute atomic E-state index is 14.2. The van der Waals surface area contributed by atoms with Crippen LogP contribution in [0.5, 0.6) is 0 Å². The Balaban J connectivity index is 1.82. The van der Waals surface area contributed by atoms with E-state index >= 15 is 0 Å². The Bertz CT molecular complexity index is 995. The predicted octanol–water partition coefficient (Wildman–Crippen LogP) is 5.22. The topological polar surface area (TPSA) is 44.1 Å². The molecule has 0 amide bonds. The van der Waals surface area contributed by atoms with Crippen molar-refractivity contribution in [3.63, 3.8) is 0 Å². The van der Waals surface area contributed by atoms with Gasteiger partial charge in [-0.25, -0.2) is 14.2 Å². The van der Waals surface area contributed by atoms with Gasteiger partial charge in [-0.05, 0) is 56.6 Å². The number of esters is 1. The van der Waals surface area contributed by atoms with Crippen LogP contribution in [-0.2, 0) is 29.4 Å². The van der Waals surface area contributed by atoms with E-state index in [-0.39, 0.29) is 11.8 Å². The molecule has 4 nitrogen and oxygen atoms in total. The number of hydrogen-bond acceptors (Lipinski definition) is 3. The minimum absolute atomic E-state index is 0.149. The lowest BCUT2D eigenvalue weighted by Gasteiger charge is -2.27. The van der Waals surface area contributed by atoms with Gasteiger partial charge in [0.2, 0.25) is 0 Å². The highest BCUT2D eigenvalue weighted by molar-refractivity contribution is 6.30. The SMILES string of the molecule is CCOC(=O)/C=C/[C@@H]1C[C@H](F)C=C[C@@H]1c1nc(Cl)cc2c3c(n(C)c12)CCCC3. The van der Waals surface area contributed by atoms with Gasteiger partial charge in [0.05, 0.1) is 17.8 Å². The molecule has 0 saturated heterocycles. The van der Waals surface area contributed by atoms with E-state index in [1.54, 1.807) is 19.1 Å². The third-order valence-electron chi connectivity index (χ3n) is 6.06. The molecule has 2 aliphatic carbocycles. The highest BCUT2D eigenvalue weighted by Gasteiger charge is 2.31. The summed E-state index contributed by atoms with van der Waals surface area (Å²) in [6.07, 6.45) is 10.4. The lowest BCUT2D eigenvalue weighted by atomic mass is 9.80. The standard InChI is InChI=1S/C23H26ClFN2O2/c1-3-29-21(28)11-8-14-12-15(25)9-10-16(14)22-23-18(13-20(24)26-22)17-6-4-5-7-19(17)27(23)2/h8-11,13-16H,3-7,12H2,1-2H3/b11-8+/t14-,15-,16+/m1/s1. The van der Waals surface area contributed by atoms with Gasteiger partial charge < -0.3 is 9.30 Å². The fourth-order valence-electron chi connectivity index (χ4n) is 4.78. The molecule has 0 spiro atoms. The fraction of sp³-hybridized carbons (Fsp3) is 0.478. The minimum atomic E-state index is -1.04. The molecule has 2 aromatic rings. The van der Waals surface area contributed by atoms with Crippen LogP contribution in [-0.4, -0.2) is 28.3 Å². The molecule has 4 rings (SSSR count). The molecule has 0 saturated carbocycles. The largest absolute Gasteiger partial charge is 0.463 e. The zero-order valence-electron chi connectivity index (χ0n) is 16.8. The monoisotopic (exact) mass is 416 g/mol. The van der Waals surface area contributed by atoms with Crippen molar-refractivity contribution >= 4 is 28.5 Å². The van der Waals surface area contributed by atoms with Gasteiger partial charge in [-0.1, -0.05) is 29.8 Å². The number of carbonyl (C=O) groups is 1. The van der Waals surface area contributed by atoms with Crippen molar-refractivity contribution in [2.75, 3.05) is 6.61 Å². The molecule has 6 heteroatoms. The number of hydrogen-bond donors (Lipinski definition) is 0. The molecule has 2 aliphatic rings. The molecule has 154 valence electrons. The number of carbonyl (C=O) groups excluding carboxylic acids is 1. The average Bonchev–Trinajstić information content (AvgIpc) is 2.99. The van der Waals surface area contributed by atoms with Gasteiger partial charge in [-0.15, -0.1) is 0 Å². The van der Waals surface area contributed by atoms with Crippen LogP contribution in [0.15, 0.2) is 30.4 Å². The van der Waals surface area contributed by atoms with Gasteiger partial charge in [0.1, 0.15) is 11.3 Å². The van der Waals surface area contributed by atoms with Crippen LogP contribution in [0.2, 0.25) is 5.15 Å². The van der Waals surface area contributed by atoms with E-state index in [9.17, 15) is 9.18 Å². The molecule has 2 heterocycles. The normalized spacial score (nSPS) is 24.2. The molecule has 0 N–H and O–H groups in total. The Morgan fingerprint density at radius 2 is 2.17 bits per heavy atom. The molecular formula is C23H26ClFN2O2. The maximum Gasteiger partial charge on any atom is 0.330 e. The third kappa shape index (κ3) is 3.85. The van der Waals surface area contributed by atoms with Crippen LogP contribution in [0.4, 0.5) is 4.39 Å². The number of alkyl halides is 1. The molecular weight excluding hydrogens is 391 g/mol. The van der Waals surface area contributed by atoms with Gasteiger partial charge in [0, 0.05) is 30.1 Å². The van der Waals surface area contributed by atoms with Gasteiger partial charge in [0.15, 0.2) is 0 Å². The quantitative estimate of drug-likeness (QED) is 0.297. The van der Waals surface area contributed by atoms with E-state index in [1.807, 2.05) is 12.1 Å². The highest BCUT2D eigenvalue weighted by atomic mass is 35.5. The van der Waals surface area contributed by atoms with E-state index in [2.05, 4.69) is 16.6 Å². The summed E-state index contributed by atoms with van der Waals surface area (Å²) in [5, 5.41) is 1.61. The molecule has 0 radical (unpaired) electrons. The van der Waals surface area contributed by atoms with Crippen LogP contribution >= 0.6 is 11.6 Å². The zero-order valence-corrected chi connectivity index (χ0v) is 17.6. The van der Waals surface area contributed by atoms with Gasteiger partial charge in [-0.3, -0.25) is 0 Å². The van der Waals surface area contributed by atoms with Crippen molar-refractivity contribution in [1.82, 2.24) is 9.55 Å². The number of rotatable bonds is 4. The molecule has 29 heavy (non-hydrogen) atoms. The number of pyridine rings is 1. The Hall–Kier alpha value is -2.14. The summed E-state index contributed by atoms with van der Waals surface area (Å²) in [5.74, 6) is -0.751. The van der Waals surface area contributed by atoms with Crippen LogP contribution in [0.3, 0.4) is 0 Å². The Kier molecular flexibility index (Phi) is 5.77. The van der Waals surface area contributed by atoms with Gasteiger partial charge in [0.25, 0.3) is 0 Å². The van der Waals surface area contributed by atoms with E-state index in [0.717, 1.165) is 29.4 Å². The summed E-state index contributed by atoms with van der Waals surface area (Å²) in [6.45, 7) is 2.08. The predicted molar refractivity (Wildman–Crippen MR) is 113 cm³/mol. The molecule has 0 unspecified atom stereocenters. The van der Waals surface area contributed by atoms with E-state index in [1.165, 1.54) is 30.2 Å². The maximum atomic E-state index is 14.2. The van der Waals surface area contributed by atoms with Crippen LogP contribution in [0, 0.1) is 5.92 Å². The molecule has 0 aliphatic heterocycles. The highest BCUT2D eigenvalue weighted by Crippen LogP contribution is 2.41. The lowest BCUT2D eigenvalue weighted by molar-refractivity contribution is -0.137. The lowest BCUT2D eigenvalue weighted by Crippen LogP contribution is -2.20. The molecule has 0 bridgehead atoms. The second kappa shape index (κ2) is 8.31. The number of halogens is 2. The fourth-order valence-corrected chi connectivity index (χ4v) is 4.98. The van der Waals surface area contributed by atoms with Crippen molar-refractivity contribution < 1.29 is 13.9 Å². The number of aryl methyl sites for hydroxylation is 2. The number of allylic oxidation sites excluding steroid dienone is 3. The number of aromatic nitrogens is 2. The summed E-state index contributed by atoms with van der Waals surface area (Å²) in [6, 6.07) is 1.96. The minimum Gasteiger partial charge on any atom is -0.463 e. The Morgan fingerprint density at radius 3 is 2.97 bits per heavy atom. The molecule has 0 aromatic carbocycles. The van der Waals surface area contributed by atoms with Crippen molar-refractivity contribution in [2.24, 2.45) is 13.0 Å².